The van der Waals surface area contributed by atoms with Crippen molar-refractivity contribution in [1.29, 1.82) is 0 Å². The van der Waals surface area contributed by atoms with E-state index >= 15 is 0 Å². The summed E-state index contributed by atoms with van der Waals surface area (Å²) in [6, 6.07) is 9.34. The average molecular weight is 341 g/mol. The highest BCUT2D eigenvalue weighted by molar-refractivity contribution is 5.94. The van der Waals surface area contributed by atoms with E-state index in [-0.39, 0.29) is 24.9 Å². The second-order valence-electron chi connectivity index (χ2n) is 6.50. The second-order valence-corrected chi connectivity index (χ2v) is 6.50. The van der Waals surface area contributed by atoms with Gasteiger partial charge in [-0.05, 0) is 20.3 Å². The molecule has 25 heavy (non-hydrogen) atoms. The quantitative estimate of drug-likeness (QED) is 0.838. The minimum Gasteiger partial charge on any atom is -0.359 e. The van der Waals surface area contributed by atoms with Crippen molar-refractivity contribution < 1.29 is 14.1 Å². The molecule has 6 heteroatoms. The summed E-state index contributed by atoms with van der Waals surface area (Å²) in [5.41, 5.74) is 2.87. The summed E-state index contributed by atoms with van der Waals surface area (Å²) in [6.45, 7) is 6.79. The Labute approximate surface area is 147 Å². The summed E-state index contributed by atoms with van der Waals surface area (Å²) in [5, 5.41) is 4.09. The van der Waals surface area contributed by atoms with Crippen LogP contribution in [0.15, 0.2) is 34.9 Å². The van der Waals surface area contributed by atoms with Crippen LogP contribution in [-0.4, -0.2) is 45.9 Å². The Bertz CT molecular complexity index is 766. The van der Waals surface area contributed by atoms with Crippen LogP contribution in [0.5, 0.6) is 0 Å². The van der Waals surface area contributed by atoms with Crippen molar-refractivity contribution in [3.8, 4) is 11.3 Å². The normalized spacial score (nSPS) is 18.1. The molecule has 0 spiro atoms. The monoisotopic (exact) mass is 341 g/mol. The predicted molar refractivity (Wildman–Crippen MR) is 93.6 cm³/mol. The second kappa shape index (κ2) is 7.09. The fourth-order valence-electron chi connectivity index (χ4n) is 3.05. The topological polar surface area (TPSA) is 66.7 Å². The van der Waals surface area contributed by atoms with Gasteiger partial charge >= 0.3 is 0 Å². The number of hydrogen-bond acceptors (Lipinski definition) is 4. The first-order chi connectivity index (χ1) is 12.0. The van der Waals surface area contributed by atoms with Gasteiger partial charge in [-0.1, -0.05) is 41.9 Å². The molecule has 1 aliphatic heterocycles. The number of aryl methyl sites for hydroxylation is 1. The fraction of sp³-hybridized carbons (Fsp3) is 0.421. The van der Waals surface area contributed by atoms with E-state index in [1.807, 2.05) is 44.2 Å². The summed E-state index contributed by atoms with van der Waals surface area (Å²) in [4.78, 5) is 28.0. The maximum Gasteiger partial charge on any atom is 0.245 e. The molecular formula is C19H23N3O3. The van der Waals surface area contributed by atoms with Crippen molar-refractivity contribution in [3.05, 3.63) is 41.7 Å². The standard InChI is InChI=1S/C19H23N3O3/c1-4-9-21-12-18(23)22(14(3)19(21)24)11-16-10-17(20-25-16)15-7-5-13(2)6-8-15/h5-8,10,14H,4,9,11-12H2,1-3H3/t14-/m0/s1. The molecule has 6 nitrogen and oxygen atoms in total. The van der Waals surface area contributed by atoms with Crippen molar-refractivity contribution in [2.45, 2.75) is 39.8 Å². The highest BCUT2D eigenvalue weighted by Gasteiger charge is 2.36. The van der Waals surface area contributed by atoms with E-state index < -0.39 is 6.04 Å². The lowest BCUT2D eigenvalue weighted by atomic mass is 10.1. The molecule has 2 aromatic rings. The van der Waals surface area contributed by atoms with Gasteiger partial charge in [0.15, 0.2) is 5.76 Å². The van der Waals surface area contributed by atoms with Gasteiger partial charge in [0.2, 0.25) is 11.8 Å². The van der Waals surface area contributed by atoms with Crippen molar-refractivity contribution in [2.24, 2.45) is 0 Å². The summed E-state index contributed by atoms with van der Waals surface area (Å²) < 4.78 is 5.39. The third-order valence-electron chi connectivity index (χ3n) is 4.51. The Balaban J connectivity index is 1.73. The zero-order valence-corrected chi connectivity index (χ0v) is 14.9. The minimum atomic E-state index is -0.485. The van der Waals surface area contributed by atoms with Crippen LogP contribution in [0.1, 0.15) is 31.6 Å². The van der Waals surface area contributed by atoms with Crippen LogP contribution in [0, 0.1) is 6.92 Å². The number of benzene rings is 1. The van der Waals surface area contributed by atoms with Crippen LogP contribution < -0.4 is 0 Å². The molecule has 0 bridgehead atoms. The molecule has 3 rings (SSSR count). The maximum atomic E-state index is 12.4. The van der Waals surface area contributed by atoms with E-state index in [1.54, 1.807) is 16.7 Å². The summed E-state index contributed by atoms with van der Waals surface area (Å²) in [7, 11) is 0. The van der Waals surface area contributed by atoms with Gasteiger partial charge in [-0.3, -0.25) is 9.59 Å². The number of carbonyl (C=O) groups excluding carboxylic acids is 2. The Hall–Kier alpha value is -2.63. The first kappa shape index (κ1) is 17.2. The first-order valence-corrected chi connectivity index (χ1v) is 8.60. The number of piperazine rings is 1. The SMILES string of the molecule is CCCN1CC(=O)N(Cc2cc(-c3ccc(C)cc3)no2)[C@@H](C)C1=O. The molecule has 1 fully saturated rings. The maximum absolute atomic E-state index is 12.4. The lowest BCUT2D eigenvalue weighted by Crippen LogP contribution is -2.58. The third kappa shape index (κ3) is 3.57. The molecular weight excluding hydrogens is 318 g/mol. The van der Waals surface area contributed by atoms with Gasteiger partial charge in [0.1, 0.15) is 11.7 Å². The van der Waals surface area contributed by atoms with E-state index in [2.05, 4.69) is 5.16 Å². The third-order valence-corrected chi connectivity index (χ3v) is 4.51. The van der Waals surface area contributed by atoms with Gasteiger partial charge in [-0.25, -0.2) is 0 Å². The van der Waals surface area contributed by atoms with E-state index in [1.165, 1.54) is 5.56 Å². The number of hydrogen-bond donors (Lipinski definition) is 0. The smallest absolute Gasteiger partial charge is 0.245 e. The zero-order valence-electron chi connectivity index (χ0n) is 14.9. The molecule has 0 aliphatic carbocycles. The summed E-state index contributed by atoms with van der Waals surface area (Å²) in [6.07, 6.45) is 0.841. The Morgan fingerprint density at radius 2 is 1.96 bits per heavy atom. The molecule has 1 aromatic heterocycles. The molecule has 1 aliphatic rings. The van der Waals surface area contributed by atoms with E-state index in [0.717, 1.165) is 17.7 Å². The van der Waals surface area contributed by atoms with Crippen LogP contribution in [0.3, 0.4) is 0 Å². The fourth-order valence-corrected chi connectivity index (χ4v) is 3.05. The van der Waals surface area contributed by atoms with Crippen LogP contribution in [0.2, 0.25) is 0 Å². The molecule has 2 amide bonds. The summed E-state index contributed by atoms with van der Waals surface area (Å²) >= 11 is 0. The molecule has 0 unspecified atom stereocenters. The van der Waals surface area contributed by atoms with Gasteiger partial charge in [-0.15, -0.1) is 0 Å². The predicted octanol–water partition coefficient (Wildman–Crippen LogP) is 2.62. The number of amides is 2. The van der Waals surface area contributed by atoms with Crippen LogP contribution in [0.4, 0.5) is 0 Å². The lowest BCUT2D eigenvalue weighted by Gasteiger charge is -2.38. The molecule has 0 saturated carbocycles. The number of carbonyl (C=O) groups is 2. The van der Waals surface area contributed by atoms with Crippen molar-refractivity contribution in [1.82, 2.24) is 15.0 Å². The average Bonchev–Trinajstić information content (AvgIpc) is 3.06. The highest BCUT2D eigenvalue weighted by atomic mass is 16.5. The summed E-state index contributed by atoms with van der Waals surface area (Å²) in [5.74, 6) is 0.501. The highest BCUT2D eigenvalue weighted by Crippen LogP contribution is 2.22. The largest absolute Gasteiger partial charge is 0.359 e. The van der Waals surface area contributed by atoms with Gasteiger partial charge < -0.3 is 14.3 Å². The van der Waals surface area contributed by atoms with Crippen molar-refractivity contribution >= 4 is 11.8 Å². The molecule has 1 atom stereocenters. The number of nitrogens with zero attached hydrogens (tertiary/aromatic N) is 3. The molecule has 0 radical (unpaired) electrons. The van der Waals surface area contributed by atoms with E-state index in [9.17, 15) is 9.59 Å². The first-order valence-electron chi connectivity index (χ1n) is 8.60. The van der Waals surface area contributed by atoms with Crippen molar-refractivity contribution in [3.63, 3.8) is 0 Å². The number of aromatic nitrogens is 1. The molecule has 132 valence electrons. The van der Waals surface area contributed by atoms with Gasteiger partial charge in [-0.2, -0.15) is 0 Å². The van der Waals surface area contributed by atoms with Crippen LogP contribution in [-0.2, 0) is 16.1 Å². The van der Waals surface area contributed by atoms with Crippen LogP contribution >= 0.6 is 0 Å². The zero-order chi connectivity index (χ0) is 18.0. The van der Waals surface area contributed by atoms with E-state index in [0.29, 0.717) is 12.3 Å². The van der Waals surface area contributed by atoms with Gasteiger partial charge in [0.25, 0.3) is 0 Å². The van der Waals surface area contributed by atoms with Crippen molar-refractivity contribution in [2.75, 3.05) is 13.1 Å². The van der Waals surface area contributed by atoms with Gasteiger partial charge in [0, 0.05) is 18.2 Å². The molecule has 2 heterocycles. The minimum absolute atomic E-state index is 0.0141. The Morgan fingerprint density at radius 3 is 2.64 bits per heavy atom. The van der Waals surface area contributed by atoms with Crippen LogP contribution in [0.25, 0.3) is 11.3 Å². The Morgan fingerprint density at radius 1 is 1.24 bits per heavy atom. The molecule has 1 saturated heterocycles. The lowest BCUT2D eigenvalue weighted by molar-refractivity contribution is -0.156. The number of rotatable bonds is 5. The van der Waals surface area contributed by atoms with Gasteiger partial charge in [0.05, 0.1) is 13.1 Å². The molecule has 0 N–H and O–H groups in total. The Kier molecular flexibility index (Phi) is 4.88. The van der Waals surface area contributed by atoms with E-state index in [4.69, 9.17) is 4.52 Å². The molecule has 1 aromatic carbocycles.